The Bertz CT molecular complexity index is 311. The largest absolute Gasteiger partial charge is 0.370 e. The van der Waals surface area contributed by atoms with Crippen LogP contribution in [0.25, 0.3) is 0 Å². The lowest BCUT2D eigenvalue weighted by molar-refractivity contribution is -0.118. The highest BCUT2D eigenvalue weighted by molar-refractivity contribution is 7.09. The van der Waals surface area contributed by atoms with E-state index in [0.717, 1.165) is 17.2 Å². The number of primary amides is 1. The summed E-state index contributed by atoms with van der Waals surface area (Å²) in [5, 5.41) is 3.11. The van der Waals surface area contributed by atoms with Gasteiger partial charge in [0.25, 0.3) is 0 Å². The fraction of sp³-hybridized carbons (Fsp3) is 0.556. The number of rotatable bonds is 5. The van der Waals surface area contributed by atoms with E-state index in [4.69, 9.17) is 5.73 Å². The molecule has 0 aromatic carbocycles. The Morgan fingerprint density at radius 1 is 1.71 bits per heavy atom. The van der Waals surface area contributed by atoms with Crippen LogP contribution in [0.4, 0.5) is 0 Å². The van der Waals surface area contributed by atoms with Gasteiger partial charge in [0, 0.05) is 24.9 Å². The molecule has 78 valence electrons. The van der Waals surface area contributed by atoms with Crippen molar-refractivity contribution >= 4 is 17.2 Å². The summed E-state index contributed by atoms with van der Waals surface area (Å²) >= 11 is 1.64. The van der Waals surface area contributed by atoms with Crippen molar-refractivity contribution in [2.24, 2.45) is 5.73 Å². The number of nitrogens with zero attached hydrogens (tertiary/aromatic N) is 2. The smallest absolute Gasteiger partial charge is 0.218 e. The molecule has 0 atom stereocenters. The summed E-state index contributed by atoms with van der Waals surface area (Å²) in [6.07, 6.45) is 0.402. The molecule has 0 aliphatic rings. The van der Waals surface area contributed by atoms with Crippen molar-refractivity contribution in [3.63, 3.8) is 0 Å². The van der Waals surface area contributed by atoms with Gasteiger partial charge < -0.3 is 10.6 Å². The third kappa shape index (κ3) is 3.85. The number of carbonyl (C=O) groups excluding carboxylic acids is 1. The van der Waals surface area contributed by atoms with E-state index in [1.807, 2.05) is 24.3 Å². The molecule has 1 amide bonds. The van der Waals surface area contributed by atoms with E-state index in [9.17, 15) is 4.79 Å². The number of hydrogen-bond donors (Lipinski definition) is 1. The minimum atomic E-state index is -0.258. The van der Waals surface area contributed by atoms with Gasteiger partial charge in [0.15, 0.2) is 0 Å². The Balaban J connectivity index is 2.33. The Morgan fingerprint density at radius 3 is 2.93 bits per heavy atom. The summed E-state index contributed by atoms with van der Waals surface area (Å²) in [5.41, 5.74) is 6.11. The van der Waals surface area contributed by atoms with E-state index in [1.54, 1.807) is 11.3 Å². The number of aromatic nitrogens is 1. The number of nitrogens with two attached hydrogens (primary N) is 1. The van der Waals surface area contributed by atoms with Crippen molar-refractivity contribution in [1.82, 2.24) is 9.88 Å². The molecule has 0 spiro atoms. The number of hydrogen-bond acceptors (Lipinski definition) is 4. The molecule has 1 aromatic heterocycles. The molecule has 0 unspecified atom stereocenters. The molecule has 0 fully saturated rings. The molecule has 14 heavy (non-hydrogen) atoms. The summed E-state index contributed by atoms with van der Waals surface area (Å²) in [6, 6.07) is 0. The van der Waals surface area contributed by atoms with Crippen molar-refractivity contribution in [3.8, 4) is 0 Å². The Hall–Kier alpha value is -0.940. The van der Waals surface area contributed by atoms with Crippen molar-refractivity contribution in [1.29, 1.82) is 0 Å². The second kappa shape index (κ2) is 5.07. The standard InChI is InChI=1S/C9H15N3OS/c1-7-11-8(6-14-7)5-12(2)4-3-9(10)13/h6H,3-5H2,1-2H3,(H2,10,13). The maximum absolute atomic E-state index is 10.5. The van der Waals surface area contributed by atoms with Crippen LogP contribution in [-0.2, 0) is 11.3 Å². The lowest BCUT2D eigenvalue weighted by atomic mass is 10.3. The second-order valence-corrected chi connectivity index (χ2v) is 4.37. The predicted octanol–water partition coefficient (Wildman–Crippen LogP) is 0.759. The fourth-order valence-corrected chi connectivity index (χ4v) is 1.74. The van der Waals surface area contributed by atoms with Crippen molar-refractivity contribution < 1.29 is 4.79 Å². The fourth-order valence-electron chi connectivity index (χ4n) is 1.14. The first-order valence-electron chi connectivity index (χ1n) is 4.46. The van der Waals surface area contributed by atoms with Crippen LogP contribution in [-0.4, -0.2) is 29.4 Å². The minimum absolute atomic E-state index is 0.258. The van der Waals surface area contributed by atoms with Gasteiger partial charge in [-0.1, -0.05) is 0 Å². The van der Waals surface area contributed by atoms with Crippen LogP contribution in [0, 0.1) is 6.92 Å². The molecule has 1 rings (SSSR count). The molecule has 0 saturated carbocycles. The second-order valence-electron chi connectivity index (χ2n) is 3.31. The van der Waals surface area contributed by atoms with Gasteiger partial charge in [0.1, 0.15) is 0 Å². The SMILES string of the molecule is Cc1nc(CN(C)CCC(N)=O)cs1. The van der Waals surface area contributed by atoms with Gasteiger partial charge in [-0.2, -0.15) is 0 Å². The Labute approximate surface area is 87.7 Å². The van der Waals surface area contributed by atoms with Crippen molar-refractivity contribution in [2.45, 2.75) is 19.9 Å². The van der Waals surface area contributed by atoms with Gasteiger partial charge in [-0.05, 0) is 14.0 Å². The van der Waals surface area contributed by atoms with Gasteiger partial charge in [0.2, 0.25) is 5.91 Å². The summed E-state index contributed by atoms with van der Waals surface area (Å²) in [7, 11) is 1.96. The van der Waals surface area contributed by atoms with Gasteiger partial charge in [0.05, 0.1) is 10.7 Å². The highest BCUT2D eigenvalue weighted by Crippen LogP contribution is 2.09. The summed E-state index contributed by atoms with van der Waals surface area (Å²) in [5.74, 6) is -0.258. The predicted molar refractivity (Wildman–Crippen MR) is 57.0 cm³/mol. The van der Waals surface area contributed by atoms with Crippen LogP contribution in [0.5, 0.6) is 0 Å². The van der Waals surface area contributed by atoms with Crippen LogP contribution in [0.1, 0.15) is 17.1 Å². The van der Waals surface area contributed by atoms with Gasteiger partial charge in [-0.25, -0.2) is 4.98 Å². The van der Waals surface area contributed by atoms with Crippen LogP contribution < -0.4 is 5.73 Å². The highest BCUT2D eigenvalue weighted by atomic mass is 32.1. The van der Waals surface area contributed by atoms with Crippen molar-refractivity contribution in [3.05, 3.63) is 16.1 Å². The first-order chi connectivity index (χ1) is 6.58. The number of carbonyl (C=O) groups is 1. The molecule has 2 N–H and O–H groups in total. The minimum Gasteiger partial charge on any atom is -0.370 e. The summed E-state index contributed by atoms with van der Waals surface area (Å²) in [4.78, 5) is 16.9. The van der Waals surface area contributed by atoms with E-state index < -0.39 is 0 Å². The van der Waals surface area contributed by atoms with E-state index >= 15 is 0 Å². The Kier molecular flexibility index (Phi) is 4.03. The Morgan fingerprint density at radius 2 is 2.43 bits per heavy atom. The topological polar surface area (TPSA) is 59.2 Å². The van der Waals surface area contributed by atoms with Gasteiger partial charge in [-0.15, -0.1) is 11.3 Å². The van der Waals surface area contributed by atoms with Crippen LogP contribution in [0.3, 0.4) is 0 Å². The lowest BCUT2D eigenvalue weighted by Crippen LogP contribution is -2.24. The van der Waals surface area contributed by atoms with E-state index in [2.05, 4.69) is 4.98 Å². The molecule has 5 heteroatoms. The third-order valence-corrected chi connectivity index (χ3v) is 2.66. The zero-order valence-corrected chi connectivity index (χ0v) is 9.30. The normalized spacial score (nSPS) is 10.8. The van der Waals surface area contributed by atoms with Crippen LogP contribution in [0.2, 0.25) is 0 Å². The molecule has 0 aliphatic carbocycles. The zero-order valence-electron chi connectivity index (χ0n) is 8.49. The highest BCUT2D eigenvalue weighted by Gasteiger charge is 2.04. The summed E-state index contributed by atoms with van der Waals surface area (Å²) in [6.45, 7) is 3.45. The first kappa shape index (κ1) is 11.1. The van der Waals surface area contributed by atoms with Gasteiger partial charge in [-0.3, -0.25) is 4.79 Å². The first-order valence-corrected chi connectivity index (χ1v) is 5.33. The monoisotopic (exact) mass is 213 g/mol. The molecule has 1 aromatic rings. The lowest BCUT2D eigenvalue weighted by Gasteiger charge is -2.13. The molecule has 0 bridgehead atoms. The molecule has 0 radical (unpaired) electrons. The number of aryl methyl sites for hydroxylation is 1. The molecule has 0 aliphatic heterocycles. The maximum Gasteiger partial charge on any atom is 0.218 e. The quantitative estimate of drug-likeness (QED) is 0.785. The molecule has 4 nitrogen and oxygen atoms in total. The molecular formula is C9H15N3OS. The average molecular weight is 213 g/mol. The summed E-state index contributed by atoms with van der Waals surface area (Å²) < 4.78 is 0. The van der Waals surface area contributed by atoms with Crippen LogP contribution >= 0.6 is 11.3 Å². The zero-order chi connectivity index (χ0) is 10.6. The maximum atomic E-state index is 10.5. The molecular weight excluding hydrogens is 198 g/mol. The average Bonchev–Trinajstić information content (AvgIpc) is 2.48. The van der Waals surface area contributed by atoms with E-state index in [-0.39, 0.29) is 5.91 Å². The number of amides is 1. The van der Waals surface area contributed by atoms with Crippen LogP contribution in [0.15, 0.2) is 5.38 Å². The van der Waals surface area contributed by atoms with Crippen molar-refractivity contribution in [2.75, 3.05) is 13.6 Å². The van der Waals surface area contributed by atoms with Gasteiger partial charge >= 0.3 is 0 Å². The number of thiazole rings is 1. The molecule has 1 heterocycles. The third-order valence-electron chi connectivity index (χ3n) is 1.84. The van der Waals surface area contributed by atoms with E-state index in [0.29, 0.717) is 13.0 Å². The molecule has 0 saturated heterocycles. The van der Waals surface area contributed by atoms with E-state index in [1.165, 1.54) is 0 Å².